The highest BCUT2D eigenvalue weighted by molar-refractivity contribution is 5.78. The molecule has 1 amide bonds. The minimum atomic E-state index is -0.0496. The average Bonchev–Trinajstić information content (AvgIpc) is 2.86. The molecule has 1 rings (SSSR count). The molecule has 2 N–H and O–H groups in total. The van der Waals surface area contributed by atoms with E-state index in [-0.39, 0.29) is 11.8 Å². The molecule has 0 radical (unpaired) electrons. The monoisotopic (exact) mass is 267 g/mol. The Bertz CT molecular complexity index is 386. The zero-order chi connectivity index (χ0) is 14.3. The van der Waals surface area contributed by atoms with E-state index in [4.69, 9.17) is 4.52 Å². The molecule has 0 aliphatic rings. The Labute approximate surface area is 115 Å². The van der Waals surface area contributed by atoms with E-state index in [9.17, 15) is 4.79 Å². The Balaban J connectivity index is 2.48. The van der Waals surface area contributed by atoms with Gasteiger partial charge in [-0.3, -0.25) is 4.79 Å². The van der Waals surface area contributed by atoms with Gasteiger partial charge in [0, 0.05) is 24.4 Å². The number of nitrogens with one attached hydrogen (secondary N) is 2. The summed E-state index contributed by atoms with van der Waals surface area (Å²) in [4.78, 5) is 11.7. The summed E-state index contributed by atoms with van der Waals surface area (Å²) in [7, 11) is 1.84. The number of carbonyl (C=O) groups is 1. The van der Waals surface area contributed by atoms with Gasteiger partial charge in [-0.2, -0.15) is 0 Å². The minimum absolute atomic E-state index is 0.0230. The van der Waals surface area contributed by atoms with Crippen LogP contribution in [0.25, 0.3) is 0 Å². The highest BCUT2D eigenvalue weighted by Gasteiger charge is 2.15. The highest BCUT2D eigenvalue weighted by atomic mass is 16.5. The van der Waals surface area contributed by atoms with Gasteiger partial charge in [-0.25, -0.2) is 0 Å². The van der Waals surface area contributed by atoms with Crippen LogP contribution in [0.4, 0.5) is 0 Å². The first-order chi connectivity index (χ1) is 9.12. The van der Waals surface area contributed by atoms with Crippen LogP contribution in [0.2, 0.25) is 0 Å². The Kier molecular flexibility index (Phi) is 6.56. The maximum Gasteiger partial charge on any atom is 0.224 e. The average molecular weight is 267 g/mol. The van der Waals surface area contributed by atoms with Crippen LogP contribution < -0.4 is 10.6 Å². The predicted octanol–water partition coefficient (Wildman–Crippen LogP) is 2.05. The number of aromatic nitrogens is 1. The van der Waals surface area contributed by atoms with Crippen molar-refractivity contribution >= 4 is 5.91 Å². The Morgan fingerprint density at radius 1 is 1.42 bits per heavy atom. The van der Waals surface area contributed by atoms with E-state index in [0.29, 0.717) is 24.8 Å². The van der Waals surface area contributed by atoms with Crippen molar-refractivity contribution < 1.29 is 9.32 Å². The van der Waals surface area contributed by atoms with E-state index < -0.39 is 0 Å². The lowest BCUT2D eigenvalue weighted by Gasteiger charge is -2.10. The van der Waals surface area contributed by atoms with Crippen LogP contribution in [-0.4, -0.2) is 24.7 Å². The van der Waals surface area contributed by atoms with E-state index in [1.165, 1.54) is 0 Å². The van der Waals surface area contributed by atoms with Gasteiger partial charge in [0.2, 0.25) is 5.91 Å². The normalized spacial score (nSPS) is 12.7. The fraction of sp³-hybridized carbons (Fsp3) is 0.714. The summed E-state index contributed by atoms with van der Waals surface area (Å²) < 4.78 is 5.26. The second-order valence-electron chi connectivity index (χ2n) is 4.91. The van der Waals surface area contributed by atoms with Crippen molar-refractivity contribution in [2.24, 2.45) is 5.92 Å². The molecule has 1 aromatic rings. The van der Waals surface area contributed by atoms with Gasteiger partial charge in [0.15, 0.2) is 5.76 Å². The molecule has 0 bridgehead atoms. The highest BCUT2D eigenvalue weighted by Crippen LogP contribution is 2.22. The number of nitrogens with zero attached hydrogens (tertiary/aromatic N) is 1. The smallest absolute Gasteiger partial charge is 0.224 e. The fourth-order valence-corrected chi connectivity index (χ4v) is 2.06. The third-order valence-electron chi connectivity index (χ3n) is 3.38. The summed E-state index contributed by atoms with van der Waals surface area (Å²) in [6.45, 7) is 7.25. The number of hydrogen-bond acceptors (Lipinski definition) is 4. The molecule has 1 aromatic heterocycles. The van der Waals surface area contributed by atoms with Crippen molar-refractivity contribution in [1.29, 1.82) is 0 Å². The van der Waals surface area contributed by atoms with Crippen LogP contribution in [0.3, 0.4) is 0 Å². The van der Waals surface area contributed by atoms with Crippen molar-refractivity contribution in [3.63, 3.8) is 0 Å². The van der Waals surface area contributed by atoms with Gasteiger partial charge >= 0.3 is 0 Å². The van der Waals surface area contributed by atoms with Crippen LogP contribution >= 0.6 is 0 Å². The van der Waals surface area contributed by atoms with Gasteiger partial charge in [0.1, 0.15) is 0 Å². The quantitative estimate of drug-likeness (QED) is 0.756. The van der Waals surface area contributed by atoms with Gasteiger partial charge in [0.05, 0.1) is 12.2 Å². The second kappa shape index (κ2) is 7.94. The van der Waals surface area contributed by atoms with E-state index in [1.54, 1.807) is 0 Å². The molecule has 5 heteroatoms. The Morgan fingerprint density at radius 3 is 2.68 bits per heavy atom. The first-order valence-electron chi connectivity index (χ1n) is 7.00. The van der Waals surface area contributed by atoms with Gasteiger partial charge in [0.25, 0.3) is 0 Å². The van der Waals surface area contributed by atoms with E-state index in [0.717, 1.165) is 18.5 Å². The van der Waals surface area contributed by atoms with Gasteiger partial charge in [-0.15, -0.1) is 0 Å². The summed E-state index contributed by atoms with van der Waals surface area (Å²) in [5.74, 6) is 1.13. The van der Waals surface area contributed by atoms with Crippen molar-refractivity contribution in [2.75, 3.05) is 13.6 Å². The molecular weight excluding hydrogens is 242 g/mol. The van der Waals surface area contributed by atoms with Crippen molar-refractivity contribution in [3.8, 4) is 0 Å². The number of rotatable bonds is 8. The molecule has 0 aliphatic heterocycles. The van der Waals surface area contributed by atoms with Crippen LogP contribution in [0.1, 0.15) is 51.0 Å². The molecule has 1 atom stereocenters. The maximum absolute atomic E-state index is 11.7. The third-order valence-corrected chi connectivity index (χ3v) is 3.38. The maximum atomic E-state index is 11.7. The summed E-state index contributed by atoms with van der Waals surface area (Å²) >= 11 is 0. The molecule has 0 aromatic carbocycles. The molecule has 0 saturated carbocycles. The predicted molar refractivity (Wildman–Crippen MR) is 74.8 cm³/mol. The first kappa shape index (κ1) is 15.7. The first-order valence-corrected chi connectivity index (χ1v) is 7.00. The molecule has 0 saturated heterocycles. The van der Waals surface area contributed by atoms with Crippen LogP contribution in [0.15, 0.2) is 10.6 Å². The van der Waals surface area contributed by atoms with Crippen LogP contribution in [-0.2, 0) is 11.3 Å². The Hall–Kier alpha value is -1.36. The summed E-state index contributed by atoms with van der Waals surface area (Å²) in [6.07, 6.45) is 2.10. The van der Waals surface area contributed by atoms with Gasteiger partial charge in [-0.05, 0) is 19.9 Å². The zero-order valence-corrected chi connectivity index (χ0v) is 12.3. The lowest BCUT2D eigenvalue weighted by molar-refractivity contribution is -0.124. The zero-order valence-electron chi connectivity index (χ0n) is 12.3. The lowest BCUT2D eigenvalue weighted by Crippen LogP contribution is -2.33. The summed E-state index contributed by atoms with van der Waals surface area (Å²) in [5.41, 5.74) is 0.984. The number of hydrogen-bond donors (Lipinski definition) is 2. The Morgan fingerprint density at radius 2 is 2.11 bits per heavy atom. The topological polar surface area (TPSA) is 67.2 Å². The SMILES string of the molecule is CCC(CC)c1cc(CNC(=O)C(C)CNC)on1. The van der Waals surface area contributed by atoms with Crippen molar-refractivity contribution in [3.05, 3.63) is 17.5 Å². The third kappa shape index (κ3) is 4.67. The van der Waals surface area contributed by atoms with E-state index in [1.807, 2.05) is 20.0 Å². The minimum Gasteiger partial charge on any atom is -0.359 e. The number of carbonyl (C=O) groups excluding carboxylic acids is 1. The summed E-state index contributed by atoms with van der Waals surface area (Å²) in [5, 5.41) is 9.92. The molecular formula is C14H25N3O2. The van der Waals surface area contributed by atoms with Crippen LogP contribution in [0, 0.1) is 5.92 Å². The number of amides is 1. The molecule has 0 fully saturated rings. The summed E-state index contributed by atoms with van der Waals surface area (Å²) in [6, 6.07) is 1.95. The van der Waals surface area contributed by atoms with E-state index >= 15 is 0 Å². The standard InChI is InChI=1S/C14H25N3O2/c1-5-11(6-2)13-7-12(19-17-13)9-16-14(18)10(3)8-15-4/h7,10-11,15H,5-6,8-9H2,1-4H3,(H,16,18). The van der Waals surface area contributed by atoms with Gasteiger partial charge in [-0.1, -0.05) is 25.9 Å². The molecule has 0 spiro atoms. The second-order valence-corrected chi connectivity index (χ2v) is 4.91. The molecule has 0 aliphatic carbocycles. The van der Waals surface area contributed by atoms with Gasteiger partial charge < -0.3 is 15.2 Å². The molecule has 1 unspecified atom stereocenters. The van der Waals surface area contributed by atoms with Crippen molar-refractivity contribution in [2.45, 2.75) is 46.1 Å². The lowest BCUT2D eigenvalue weighted by atomic mass is 9.99. The van der Waals surface area contributed by atoms with E-state index in [2.05, 4.69) is 29.6 Å². The molecule has 5 nitrogen and oxygen atoms in total. The molecule has 1 heterocycles. The molecule has 19 heavy (non-hydrogen) atoms. The molecule has 108 valence electrons. The fourth-order valence-electron chi connectivity index (χ4n) is 2.06. The largest absolute Gasteiger partial charge is 0.359 e. The van der Waals surface area contributed by atoms with Crippen LogP contribution in [0.5, 0.6) is 0 Å². The van der Waals surface area contributed by atoms with Crippen molar-refractivity contribution in [1.82, 2.24) is 15.8 Å².